The van der Waals surface area contributed by atoms with Gasteiger partial charge in [-0.25, -0.2) is 0 Å². The normalized spacial score (nSPS) is 15.8. The van der Waals surface area contributed by atoms with Crippen LogP contribution in [0.15, 0.2) is 176 Å². The zero-order valence-corrected chi connectivity index (χ0v) is 33.4. The Kier molecular flexibility index (Phi) is 6.61. The van der Waals surface area contributed by atoms with E-state index in [1.54, 1.807) is 0 Å². The molecule has 3 aliphatic rings. The number of hydrogen-bond donors (Lipinski definition) is 0. The molecule has 0 saturated heterocycles. The minimum Gasteiger partial charge on any atom is -0.309 e. The third-order valence-corrected chi connectivity index (χ3v) is 15.0. The van der Waals surface area contributed by atoms with E-state index in [9.17, 15) is 0 Å². The summed E-state index contributed by atoms with van der Waals surface area (Å²) in [6, 6.07) is 66.9. The monoisotopic (exact) mass is 747 g/mol. The summed E-state index contributed by atoms with van der Waals surface area (Å²) in [6.07, 6.45) is 0. The lowest BCUT2D eigenvalue weighted by Gasteiger charge is -2.46. The molecule has 0 unspecified atom stereocenters. The van der Waals surface area contributed by atoms with Crippen LogP contribution in [0, 0.1) is 0 Å². The first-order valence-electron chi connectivity index (χ1n) is 20.2. The Morgan fingerprint density at radius 1 is 0.368 bits per heavy atom. The molecule has 1 aromatic heterocycles. The van der Waals surface area contributed by atoms with Gasteiger partial charge in [-0.15, -0.1) is 11.3 Å². The highest BCUT2D eigenvalue weighted by molar-refractivity contribution is 7.26. The number of hydrogen-bond acceptors (Lipinski definition) is 2. The van der Waals surface area contributed by atoms with Crippen LogP contribution in [-0.2, 0) is 16.2 Å². The van der Waals surface area contributed by atoms with Gasteiger partial charge in [0.15, 0.2) is 0 Å². The second-order valence-corrected chi connectivity index (χ2v) is 18.3. The fourth-order valence-corrected chi connectivity index (χ4v) is 12.4. The van der Waals surface area contributed by atoms with Crippen LogP contribution in [0.4, 0.5) is 17.1 Å². The van der Waals surface area contributed by atoms with Gasteiger partial charge in [0, 0.05) is 37.7 Å². The van der Waals surface area contributed by atoms with Crippen molar-refractivity contribution in [2.45, 2.75) is 43.9 Å². The first-order chi connectivity index (χ1) is 27.8. The molecule has 0 saturated carbocycles. The Morgan fingerprint density at radius 2 is 0.842 bits per heavy atom. The fraction of sp³-hybridized carbons (Fsp3) is 0.127. The van der Waals surface area contributed by atoms with Crippen molar-refractivity contribution in [3.05, 3.63) is 220 Å². The van der Waals surface area contributed by atoms with Gasteiger partial charge >= 0.3 is 0 Å². The van der Waals surface area contributed by atoms with Gasteiger partial charge < -0.3 is 4.90 Å². The van der Waals surface area contributed by atoms with Crippen LogP contribution in [0.25, 0.3) is 42.4 Å². The van der Waals surface area contributed by atoms with E-state index in [4.69, 9.17) is 0 Å². The van der Waals surface area contributed by atoms with Gasteiger partial charge in [-0.1, -0.05) is 167 Å². The lowest BCUT2D eigenvalue weighted by Crippen LogP contribution is -2.40. The molecule has 0 bridgehead atoms. The van der Waals surface area contributed by atoms with Crippen molar-refractivity contribution in [3.8, 4) is 22.3 Å². The number of benzene rings is 8. The Morgan fingerprint density at radius 3 is 1.53 bits per heavy atom. The minimum absolute atomic E-state index is 0.122. The fourth-order valence-electron chi connectivity index (χ4n) is 11.2. The molecule has 0 fully saturated rings. The maximum Gasteiger partial charge on any atom is 0.0720 e. The second kappa shape index (κ2) is 11.4. The first kappa shape index (κ1) is 33.0. The van der Waals surface area contributed by atoms with Crippen molar-refractivity contribution in [1.29, 1.82) is 0 Å². The van der Waals surface area contributed by atoms with Crippen molar-refractivity contribution >= 4 is 48.6 Å². The van der Waals surface area contributed by atoms with E-state index in [1.165, 1.54) is 104 Å². The average molecular weight is 748 g/mol. The summed E-state index contributed by atoms with van der Waals surface area (Å²) in [4.78, 5) is 2.55. The first-order valence-corrected chi connectivity index (χ1v) is 21.0. The molecule has 0 amide bonds. The molecular weight excluding hydrogens is 707 g/mol. The quantitative estimate of drug-likeness (QED) is 0.174. The summed E-state index contributed by atoms with van der Waals surface area (Å²) < 4.78 is 2.61. The standard InChI is InChI=1S/C55H41NS/c1-53(2)42-20-8-5-16-36(42)38-30-28-34(32-48(38)53)56(50-26-15-19-41-40-18-7-14-27-51(40)57-52(41)50)35-29-31-39-37-17-6-9-21-43(37)55(49(39)33-35)46-24-12-10-22-44(46)54(3,4)45-23-11-13-25-47(45)55/h5-33H,1-4H3. The van der Waals surface area contributed by atoms with Gasteiger partial charge in [0.25, 0.3) is 0 Å². The topological polar surface area (TPSA) is 3.24 Å². The molecule has 0 radical (unpaired) electrons. The van der Waals surface area contributed by atoms with E-state index in [1.807, 2.05) is 11.3 Å². The van der Waals surface area contributed by atoms with E-state index < -0.39 is 5.41 Å². The average Bonchev–Trinajstić information content (AvgIpc) is 3.85. The molecule has 2 heteroatoms. The lowest BCUT2D eigenvalue weighted by molar-refractivity contribution is 0.563. The molecule has 0 atom stereocenters. The predicted molar refractivity (Wildman–Crippen MR) is 241 cm³/mol. The molecule has 8 aromatic carbocycles. The maximum absolute atomic E-state index is 2.55. The summed E-state index contributed by atoms with van der Waals surface area (Å²) in [5, 5.41) is 2.61. The van der Waals surface area contributed by atoms with Gasteiger partial charge in [-0.05, 0) is 103 Å². The zero-order chi connectivity index (χ0) is 38.3. The predicted octanol–water partition coefficient (Wildman–Crippen LogP) is 14.8. The molecule has 57 heavy (non-hydrogen) atoms. The molecule has 1 nitrogen and oxygen atoms in total. The largest absolute Gasteiger partial charge is 0.309 e. The maximum atomic E-state index is 2.55. The smallest absolute Gasteiger partial charge is 0.0720 e. The van der Waals surface area contributed by atoms with E-state index >= 15 is 0 Å². The van der Waals surface area contributed by atoms with Crippen molar-refractivity contribution < 1.29 is 0 Å². The van der Waals surface area contributed by atoms with E-state index in [2.05, 4.69) is 209 Å². The van der Waals surface area contributed by atoms with Crippen molar-refractivity contribution in [1.82, 2.24) is 0 Å². The van der Waals surface area contributed by atoms with E-state index in [-0.39, 0.29) is 10.8 Å². The summed E-state index contributed by atoms with van der Waals surface area (Å²) in [5.74, 6) is 0. The van der Waals surface area contributed by atoms with Gasteiger partial charge in [0.1, 0.15) is 0 Å². The Bertz CT molecular complexity index is 3110. The highest BCUT2D eigenvalue weighted by atomic mass is 32.1. The van der Waals surface area contributed by atoms with Crippen LogP contribution in [0.1, 0.15) is 72.2 Å². The molecule has 0 N–H and O–H groups in total. The third kappa shape index (κ3) is 4.19. The van der Waals surface area contributed by atoms with Crippen molar-refractivity contribution in [2.24, 2.45) is 0 Å². The molecule has 1 heterocycles. The van der Waals surface area contributed by atoms with Gasteiger partial charge in [0.2, 0.25) is 0 Å². The Labute approximate surface area is 338 Å². The van der Waals surface area contributed by atoms with Crippen LogP contribution in [0.3, 0.4) is 0 Å². The molecule has 12 rings (SSSR count). The van der Waals surface area contributed by atoms with Crippen molar-refractivity contribution in [3.63, 3.8) is 0 Å². The minimum atomic E-state index is -0.471. The second-order valence-electron chi connectivity index (χ2n) is 17.2. The SMILES string of the molecule is CC1(C)c2ccccc2-c2ccc(N(c3ccc4c(c3)C3(c5ccccc5-4)c4ccccc4C(C)(C)c4ccccc43)c3cccc4c3sc3ccccc34)cc21. The lowest BCUT2D eigenvalue weighted by atomic mass is 9.55. The van der Waals surface area contributed by atoms with Crippen LogP contribution in [0.5, 0.6) is 0 Å². The van der Waals surface area contributed by atoms with Gasteiger partial charge in [0.05, 0.1) is 15.8 Å². The summed E-state index contributed by atoms with van der Waals surface area (Å²) in [6.45, 7) is 9.57. The third-order valence-electron chi connectivity index (χ3n) is 13.7. The summed E-state index contributed by atoms with van der Waals surface area (Å²) in [5.41, 5.74) is 19.1. The molecule has 272 valence electrons. The summed E-state index contributed by atoms with van der Waals surface area (Å²) >= 11 is 1.90. The molecule has 0 aliphatic heterocycles. The number of nitrogens with zero attached hydrogens (tertiary/aromatic N) is 1. The van der Waals surface area contributed by atoms with Gasteiger partial charge in [-0.2, -0.15) is 0 Å². The van der Waals surface area contributed by atoms with Crippen LogP contribution in [0.2, 0.25) is 0 Å². The Balaban J connectivity index is 1.17. The van der Waals surface area contributed by atoms with Crippen LogP contribution < -0.4 is 4.90 Å². The molecule has 9 aromatic rings. The number of anilines is 3. The number of thiophene rings is 1. The number of rotatable bonds is 3. The van der Waals surface area contributed by atoms with E-state index in [0.29, 0.717) is 0 Å². The van der Waals surface area contributed by atoms with Gasteiger partial charge in [-0.3, -0.25) is 0 Å². The molecular formula is C55H41NS. The van der Waals surface area contributed by atoms with Crippen molar-refractivity contribution in [2.75, 3.05) is 4.90 Å². The molecule has 3 aliphatic carbocycles. The molecule has 1 spiro atoms. The summed E-state index contributed by atoms with van der Waals surface area (Å²) in [7, 11) is 0. The highest BCUT2D eigenvalue weighted by Crippen LogP contribution is 2.63. The zero-order valence-electron chi connectivity index (χ0n) is 32.6. The highest BCUT2D eigenvalue weighted by Gasteiger charge is 2.53. The van der Waals surface area contributed by atoms with E-state index in [0.717, 1.165) is 0 Å². The Hall–Kier alpha value is -6.22. The number of fused-ring (bicyclic) bond motifs is 15. The van der Waals surface area contributed by atoms with Crippen LogP contribution >= 0.6 is 11.3 Å². The van der Waals surface area contributed by atoms with Crippen LogP contribution in [-0.4, -0.2) is 0 Å².